The Balaban J connectivity index is 0.00000289. The molecule has 0 fully saturated rings. The minimum atomic E-state index is -4.66. The molecule has 0 amide bonds. The number of halogens is 1. The number of thioether (sulfide) groups is 1. The van der Waals surface area contributed by atoms with Gasteiger partial charge in [0.25, 0.3) is 5.01 Å². The van der Waals surface area contributed by atoms with Gasteiger partial charge in [0.15, 0.2) is 10.1 Å². The van der Waals surface area contributed by atoms with Gasteiger partial charge in [0, 0.05) is 9.92 Å². The molecule has 0 unspecified atom stereocenters. The molecule has 1 aliphatic rings. The molecule has 0 saturated carbocycles. The molecular weight excluding hydrogens is 579 g/mol. The predicted molar refractivity (Wildman–Crippen MR) is 132 cm³/mol. The van der Waals surface area contributed by atoms with Crippen molar-refractivity contribution in [2.45, 2.75) is 10.8 Å². The van der Waals surface area contributed by atoms with E-state index in [4.69, 9.17) is 11.6 Å². The summed E-state index contributed by atoms with van der Waals surface area (Å²) in [7, 11) is -9.31. The maximum atomic E-state index is 11.8. The molecule has 0 radical (unpaired) electrons. The number of aromatic nitrogens is 1. The Kier molecular flexibility index (Phi) is 8.09. The Morgan fingerprint density at radius 1 is 1.00 bits per heavy atom. The van der Waals surface area contributed by atoms with Crippen LogP contribution in [0.4, 0.5) is 5.69 Å². The summed E-state index contributed by atoms with van der Waals surface area (Å²) in [5, 5.41) is 2.83. The van der Waals surface area contributed by atoms with Crippen LogP contribution in [0.2, 0.25) is 5.02 Å². The fourth-order valence-corrected chi connectivity index (χ4v) is 7.62. The van der Waals surface area contributed by atoms with Crippen LogP contribution in [-0.4, -0.2) is 31.8 Å². The number of hydrogen-bond acceptors (Lipinski definition) is 9. The van der Waals surface area contributed by atoms with Crippen LogP contribution in [0, 0.1) is 0 Å². The average Bonchev–Trinajstić information content (AvgIpc) is 3.24. The standard InChI is InChI=1S/C21H15ClN2O6S4.K/c22-14-6-8-17-16(9-14)23(11-33(25,26)27)19(31-17)10-20-24(12-34(28,29)30)21-15-4-2-1-3-13(15)5-7-18(21)32-20;/h1-10H,11-12H2,(H-,25,26,27,28,29,30);/q;+1/p-1. The van der Waals surface area contributed by atoms with Gasteiger partial charge in [-0.05, 0) is 35.7 Å². The van der Waals surface area contributed by atoms with Gasteiger partial charge in [-0.1, -0.05) is 59.0 Å². The fraction of sp³-hybridized carbons (Fsp3) is 0.0952. The Labute approximate surface area is 257 Å². The van der Waals surface area contributed by atoms with Crippen molar-refractivity contribution in [3.63, 3.8) is 0 Å². The largest absolute Gasteiger partial charge is 1.00 e. The van der Waals surface area contributed by atoms with E-state index in [9.17, 15) is 25.9 Å². The van der Waals surface area contributed by atoms with Gasteiger partial charge in [0.05, 0.1) is 22.2 Å². The molecule has 0 atom stereocenters. The first kappa shape index (κ1) is 27.5. The van der Waals surface area contributed by atoms with Crippen LogP contribution >= 0.6 is 34.7 Å². The maximum Gasteiger partial charge on any atom is 1.00 e. The van der Waals surface area contributed by atoms with E-state index >= 15 is 0 Å². The molecule has 3 aromatic carbocycles. The zero-order valence-corrected chi connectivity index (χ0v) is 25.2. The summed E-state index contributed by atoms with van der Waals surface area (Å²) in [5.74, 6) is -1.63. The molecule has 176 valence electrons. The van der Waals surface area contributed by atoms with Crippen molar-refractivity contribution in [2.24, 2.45) is 0 Å². The van der Waals surface area contributed by atoms with Crippen LogP contribution in [0.1, 0.15) is 5.01 Å². The van der Waals surface area contributed by atoms with Gasteiger partial charge in [-0.25, -0.2) is 16.8 Å². The Morgan fingerprint density at radius 2 is 1.74 bits per heavy atom. The average molecular weight is 593 g/mol. The molecule has 0 spiro atoms. The zero-order valence-electron chi connectivity index (χ0n) is 18.0. The molecule has 8 nitrogen and oxygen atoms in total. The van der Waals surface area contributed by atoms with Crippen molar-refractivity contribution in [2.75, 3.05) is 10.8 Å². The van der Waals surface area contributed by atoms with Crippen LogP contribution in [0.15, 0.2) is 64.5 Å². The smallest absolute Gasteiger partial charge is 0.747 e. The molecule has 5 rings (SSSR count). The van der Waals surface area contributed by atoms with E-state index in [1.165, 1.54) is 32.6 Å². The summed E-state index contributed by atoms with van der Waals surface area (Å²) < 4.78 is 72.4. The predicted octanol–water partition coefficient (Wildman–Crippen LogP) is 0.916. The quantitative estimate of drug-likeness (QED) is 0.190. The Morgan fingerprint density at radius 3 is 2.46 bits per heavy atom. The Bertz CT molecular complexity index is 1720. The first-order chi connectivity index (χ1) is 16.0. The fourth-order valence-electron chi connectivity index (χ4n) is 3.85. The minimum absolute atomic E-state index is 0. The number of hydrogen-bond donors (Lipinski definition) is 0. The number of nitrogens with zero attached hydrogens (tertiary/aromatic N) is 2. The topological polar surface area (TPSA) is 122 Å². The van der Waals surface area contributed by atoms with E-state index < -0.39 is 32.0 Å². The van der Waals surface area contributed by atoms with E-state index in [2.05, 4.69) is 0 Å². The minimum Gasteiger partial charge on any atom is -0.747 e. The van der Waals surface area contributed by atoms with Gasteiger partial charge < -0.3 is 14.0 Å². The normalized spacial score (nSPS) is 15.1. The second kappa shape index (κ2) is 10.3. The third kappa shape index (κ3) is 5.97. The number of benzene rings is 3. The second-order valence-electron chi connectivity index (χ2n) is 7.50. The molecule has 1 aromatic heterocycles. The van der Waals surface area contributed by atoms with Gasteiger partial charge in [0.2, 0.25) is 11.4 Å². The molecule has 2 heterocycles. The number of anilines is 1. The monoisotopic (exact) mass is 592 g/mol. The van der Waals surface area contributed by atoms with Gasteiger partial charge in [-0.2, -0.15) is 4.57 Å². The van der Waals surface area contributed by atoms with Crippen molar-refractivity contribution in [1.29, 1.82) is 0 Å². The van der Waals surface area contributed by atoms with E-state index in [1.807, 2.05) is 36.4 Å². The van der Waals surface area contributed by atoms with Gasteiger partial charge in [0.1, 0.15) is 20.7 Å². The molecule has 0 aliphatic carbocycles. The molecule has 0 bridgehead atoms. The van der Waals surface area contributed by atoms with E-state index in [0.717, 1.165) is 15.5 Å². The number of fused-ring (bicyclic) bond motifs is 4. The zero-order chi connectivity index (χ0) is 24.3. The summed E-state index contributed by atoms with van der Waals surface area (Å²) in [5.41, 5.74) is 1.04. The second-order valence-corrected chi connectivity index (χ2v) is 12.8. The van der Waals surface area contributed by atoms with Gasteiger partial charge in [-0.3, -0.25) is 0 Å². The molecular formula is C21H14ClKN2O6S4. The summed E-state index contributed by atoms with van der Waals surface area (Å²) in [6.07, 6.45) is 1.59. The summed E-state index contributed by atoms with van der Waals surface area (Å²) in [6.45, 7) is 0. The van der Waals surface area contributed by atoms with Gasteiger partial charge >= 0.3 is 51.4 Å². The van der Waals surface area contributed by atoms with Crippen molar-refractivity contribution in [3.8, 4) is 0 Å². The number of thiazole rings is 1. The molecule has 0 N–H and O–H groups in total. The summed E-state index contributed by atoms with van der Waals surface area (Å²) >= 11 is 8.57. The van der Waals surface area contributed by atoms with Crippen molar-refractivity contribution in [1.82, 2.24) is 0 Å². The van der Waals surface area contributed by atoms with E-state index in [0.29, 0.717) is 31.2 Å². The first-order valence-corrected chi connectivity index (χ1v) is 14.8. The van der Waals surface area contributed by atoms with Crippen LogP contribution < -0.4 is 60.9 Å². The molecule has 1 aliphatic heterocycles. The number of rotatable bonds is 5. The van der Waals surface area contributed by atoms with Crippen LogP contribution in [0.25, 0.3) is 27.1 Å². The first-order valence-electron chi connectivity index (χ1n) is 9.66. The SMILES string of the molecule is O=S(=O)([O-])CN1C(=Cc2sc3ccc4ccccc4c3[n+]2CS(=O)(=O)[O-])Sc2ccc(Cl)cc21.[K+]. The van der Waals surface area contributed by atoms with Crippen molar-refractivity contribution >= 4 is 87.7 Å². The van der Waals surface area contributed by atoms with E-state index in [-0.39, 0.29) is 51.4 Å². The molecule has 35 heavy (non-hydrogen) atoms. The van der Waals surface area contributed by atoms with Crippen LogP contribution in [-0.2, 0) is 26.1 Å². The molecule has 14 heteroatoms. The van der Waals surface area contributed by atoms with Crippen molar-refractivity contribution in [3.05, 3.63) is 69.7 Å². The third-order valence-electron chi connectivity index (χ3n) is 5.13. The van der Waals surface area contributed by atoms with E-state index in [1.54, 1.807) is 24.3 Å². The molecule has 4 aromatic rings. The van der Waals surface area contributed by atoms with Crippen molar-refractivity contribution < 1.29 is 81.9 Å². The maximum absolute atomic E-state index is 11.8. The summed E-state index contributed by atoms with van der Waals surface area (Å²) in [4.78, 5) is 2.01. The Hall–Kier alpha value is -0.554. The molecule has 0 saturated heterocycles. The summed E-state index contributed by atoms with van der Waals surface area (Å²) in [6, 6.07) is 16.1. The van der Waals surface area contributed by atoms with Crippen LogP contribution in [0.3, 0.4) is 0 Å². The van der Waals surface area contributed by atoms with Gasteiger partial charge in [-0.15, -0.1) is 0 Å². The van der Waals surface area contributed by atoms with Crippen LogP contribution in [0.5, 0.6) is 0 Å². The third-order valence-corrected chi connectivity index (χ3v) is 8.72.